The lowest BCUT2D eigenvalue weighted by atomic mass is 10.1. The average Bonchev–Trinajstić information content (AvgIpc) is 2.71. The van der Waals surface area contributed by atoms with Gasteiger partial charge in [-0.1, -0.05) is 13.8 Å². The Morgan fingerprint density at radius 2 is 2.06 bits per heavy atom. The molecule has 0 unspecified atom stereocenters. The fraction of sp³-hybridized carbons (Fsp3) is 0.769. The zero-order valence-corrected chi connectivity index (χ0v) is 12.8. The van der Waals surface area contributed by atoms with E-state index in [2.05, 4.69) is 43.0 Å². The standard InChI is InChI=1S/C13H23ClN2S/c1-10(2)8-16(11(3)4)6-5-13-15-12(7-14)9-17-13/h9-11H,5-8H2,1-4H3. The SMILES string of the molecule is CC(C)CN(CCc1nc(CCl)cs1)C(C)C. The van der Waals surface area contributed by atoms with Crippen molar-refractivity contribution in [2.75, 3.05) is 13.1 Å². The van der Waals surface area contributed by atoms with Crippen LogP contribution in [-0.4, -0.2) is 29.0 Å². The van der Waals surface area contributed by atoms with Crippen molar-refractivity contribution in [2.24, 2.45) is 5.92 Å². The molecular formula is C13H23ClN2S. The van der Waals surface area contributed by atoms with Crippen LogP contribution in [-0.2, 0) is 12.3 Å². The molecule has 0 radical (unpaired) electrons. The van der Waals surface area contributed by atoms with E-state index < -0.39 is 0 Å². The number of aromatic nitrogens is 1. The molecular weight excluding hydrogens is 252 g/mol. The van der Waals surface area contributed by atoms with Gasteiger partial charge in [-0.3, -0.25) is 0 Å². The van der Waals surface area contributed by atoms with Gasteiger partial charge in [0.15, 0.2) is 0 Å². The van der Waals surface area contributed by atoms with Crippen LogP contribution in [0.5, 0.6) is 0 Å². The Labute approximate surface area is 114 Å². The van der Waals surface area contributed by atoms with Gasteiger partial charge in [-0.2, -0.15) is 0 Å². The number of thiazole rings is 1. The van der Waals surface area contributed by atoms with E-state index in [4.69, 9.17) is 11.6 Å². The molecule has 0 spiro atoms. The first-order valence-electron chi connectivity index (χ1n) is 6.26. The minimum atomic E-state index is 0.524. The van der Waals surface area contributed by atoms with Gasteiger partial charge in [0.2, 0.25) is 0 Å². The normalized spacial score (nSPS) is 12.0. The average molecular weight is 275 g/mol. The number of alkyl halides is 1. The Kier molecular flexibility index (Phi) is 6.45. The predicted octanol–water partition coefficient (Wildman–Crippen LogP) is 3.79. The summed E-state index contributed by atoms with van der Waals surface area (Å²) in [7, 11) is 0. The highest BCUT2D eigenvalue weighted by Gasteiger charge is 2.12. The fourth-order valence-electron chi connectivity index (χ4n) is 1.79. The van der Waals surface area contributed by atoms with Crippen molar-refractivity contribution >= 4 is 22.9 Å². The van der Waals surface area contributed by atoms with Crippen LogP contribution in [0.3, 0.4) is 0 Å². The smallest absolute Gasteiger partial charge is 0.0941 e. The van der Waals surface area contributed by atoms with Gasteiger partial charge >= 0.3 is 0 Å². The highest BCUT2D eigenvalue weighted by Crippen LogP contribution is 2.13. The number of nitrogens with zero attached hydrogens (tertiary/aromatic N) is 2. The van der Waals surface area contributed by atoms with E-state index in [0.717, 1.165) is 25.2 Å². The van der Waals surface area contributed by atoms with Gasteiger partial charge in [0.1, 0.15) is 0 Å². The van der Waals surface area contributed by atoms with Crippen molar-refractivity contribution in [3.63, 3.8) is 0 Å². The second kappa shape index (κ2) is 7.34. The fourth-order valence-corrected chi connectivity index (χ4v) is 2.81. The maximum atomic E-state index is 5.76. The first kappa shape index (κ1) is 14.9. The third-order valence-corrected chi connectivity index (χ3v) is 3.91. The molecule has 98 valence electrons. The Morgan fingerprint density at radius 1 is 1.35 bits per heavy atom. The Hall–Kier alpha value is -0.120. The maximum absolute atomic E-state index is 5.76. The van der Waals surface area contributed by atoms with Crippen LogP contribution in [0, 0.1) is 5.92 Å². The summed E-state index contributed by atoms with van der Waals surface area (Å²) in [4.78, 5) is 7.02. The number of hydrogen-bond acceptors (Lipinski definition) is 3. The predicted molar refractivity (Wildman–Crippen MR) is 76.9 cm³/mol. The lowest BCUT2D eigenvalue weighted by Crippen LogP contribution is -2.35. The summed E-state index contributed by atoms with van der Waals surface area (Å²) >= 11 is 7.48. The highest BCUT2D eigenvalue weighted by atomic mass is 35.5. The molecule has 0 N–H and O–H groups in total. The molecule has 2 nitrogen and oxygen atoms in total. The van der Waals surface area contributed by atoms with Gasteiger partial charge in [0.25, 0.3) is 0 Å². The third kappa shape index (κ3) is 5.36. The molecule has 1 aromatic heterocycles. The van der Waals surface area contributed by atoms with Crippen molar-refractivity contribution < 1.29 is 0 Å². The summed E-state index contributed by atoms with van der Waals surface area (Å²) in [5.41, 5.74) is 1.01. The van der Waals surface area contributed by atoms with Crippen molar-refractivity contribution in [3.05, 3.63) is 16.1 Å². The maximum Gasteiger partial charge on any atom is 0.0941 e. The van der Waals surface area contributed by atoms with Crippen molar-refractivity contribution in [3.8, 4) is 0 Å². The van der Waals surface area contributed by atoms with E-state index in [0.29, 0.717) is 17.8 Å². The molecule has 4 heteroatoms. The zero-order chi connectivity index (χ0) is 12.8. The van der Waals surface area contributed by atoms with Crippen LogP contribution in [0.15, 0.2) is 5.38 Å². The van der Waals surface area contributed by atoms with E-state index >= 15 is 0 Å². The number of halogens is 1. The van der Waals surface area contributed by atoms with E-state index in [-0.39, 0.29) is 0 Å². The highest BCUT2D eigenvalue weighted by molar-refractivity contribution is 7.09. The third-order valence-electron chi connectivity index (χ3n) is 2.68. The van der Waals surface area contributed by atoms with Crippen molar-refractivity contribution in [1.29, 1.82) is 0 Å². The van der Waals surface area contributed by atoms with Crippen LogP contribution >= 0.6 is 22.9 Å². The molecule has 0 bridgehead atoms. The van der Waals surface area contributed by atoms with E-state index in [1.807, 2.05) is 0 Å². The molecule has 0 aromatic carbocycles. The van der Waals surface area contributed by atoms with Gasteiger partial charge in [-0.15, -0.1) is 22.9 Å². The first-order valence-corrected chi connectivity index (χ1v) is 7.67. The molecule has 0 saturated carbocycles. The van der Waals surface area contributed by atoms with Crippen LogP contribution in [0.2, 0.25) is 0 Å². The van der Waals surface area contributed by atoms with E-state index in [9.17, 15) is 0 Å². The van der Waals surface area contributed by atoms with Crippen LogP contribution < -0.4 is 0 Å². The molecule has 1 aromatic rings. The second-order valence-electron chi connectivity index (χ2n) is 5.10. The van der Waals surface area contributed by atoms with Gasteiger partial charge in [0, 0.05) is 30.9 Å². The molecule has 0 aliphatic rings. The van der Waals surface area contributed by atoms with Crippen LogP contribution in [0.1, 0.15) is 38.4 Å². The molecule has 1 heterocycles. The zero-order valence-electron chi connectivity index (χ0n) is 11.2. The summed E-state index contributed by atoms with van der Waals surface area (Å²) in [6.07, 6.45) is 1.03. The van der Waals surface area contributed by atoms with Gasteiger partial charge in [0.05, 0.1) is 16.6 Å². The van der Waals surface area contributed by atoms with Crippen LogP contribution in [0.25, 0.3) is 0 Å². The molecule has 0 aliphatic carbocycles. The van der Waals surface area contributed by atoms with Gasteiger partial charge in [-0.25, -0.2) is 4.98 Å². The molecule has 0 fully saturated rings. The monoisotopic (exact) mass is 274 g/mol. The van der Waals surface area contributed by atoms with Crippen molar-refractivity contribution in [2.45, 2.75) is 46.0 Å². The van der Waals surface area contributed by atoms with Gasteiger partial charge in [-0.05, 0) is 19.8 Å². The minimum Gasteiger partial charge on any atom is -0.300 e. The molecule has 17 heavy (non-hydrogen) atoms. The summed E-state index contributed by atoms with van der Waals surface area (Å²) in [6.45, 7) is 11.3. The Bertz CT molecular complexity index is 323. The Morgan fingerprint density at radius 3 is 2.53 bits per heavy atom. The molecule has 0 aliphatic heterocycles. The van der Waals surface area contributed by atoms with E-state index in [1.54, 1.807) is 11.3 Å². The Balaban J connectivity index is 2.45. The van der Waals surface area contributed by atoms with Crippen molar-refractivity contribution in [1.82, 2.24) is 9.88 Å². The topological polar surface area (TPSA) is 16.1 Å². The molecule has 0 amide bonds. The minimum absolute atomic E-state index is 0.524. The summed E-state index contributed by atoms with van der Waals surface area (Å²) in [5, 5.41) is 3.26. The quantitative estimate of drug-likeness (QED) is 0.703. The van der Waals surface area contributed by atoms with Gasteiger partial charge < -0.3 is 4.90 Å². The first-order chi connectivity index (χ1) is 8.02. The summed E-state index contributed by atoms with van der Waals surface area (Å²) < 4.78 is 0. The largest absolute Gasteiger partial charge is 0.300 e. The lowest BCUT2D eigenvalue weighted by Gasteiger charge is -2.27. The lowest BCUT2D eigenvalue weighted by molar-refractivity contribution is 0.200. The van der Waals surface area contributed by atoms with Crippen LogP contribution in [0.4, 0.5) is 0 Å². The second-order valence-corrected chi connectivity index (χ2v) is 6.31. The van der Waals surface area contributed by atoms with E-state index in [1.165, 1.54) is 5.01 Å². The molecule has 0 atom stereocenters. The molecule has 0 saturated heterocycles. The summed E-state index contributed by atoms with van der Waals surface area (Å²) in [6, 6.07) is 0.602. The number of hydrogen-bond donors (Lipinski definition) is 0. The number of rotatable bonds is 7. The summed E-state index contributed by atoms with van der Waals surface area (Å²) in [5.74, 6) is 1.24. The molecule has 1 rings (SSSR count).